The van der Waals surface area contributed by atoms with Crippen molar-refractivity contribution in [3.8, 4) is 5.75 Å². The number of aromatic nitrogens is 1. The van der Waals surface area contributed by atoms with Crippen molar-refractivity contribution in [2.45, 2.75) is 19.4 Å². The Morgan fingerprint density at radius 3 is 2.63 bits per heavy atom. The summed E-state index contributed by atoms with van der Waals surface area (Å²) < 4.78 is 5.91. The van der Waals surface area contributed by atoms with Gasteiger partial charge in [0.25, 0.3) is 0 Å². The zero-order valence-electron chi connectivity index (χ0n) is 10.8. The van der Waals surface area contributed by atoms with Gasteiger partial charge in [0.15, 0.2) is 0 Å². The van der Waals surface area contributed by atoms with Gasteiger partial charge in [0.2, 0.25) is 0 Å². The summed E-state index contributed by atoms with van der Waals surface area (Å²) in [5.74, 6) is 0.530. The molecule has 3 nitrogen and oxygen atoms in total. The number of rotatable bonds is 4. The molecule has 2 rings (SSSR count). The molecule has 0 atom stereocenters. The van der Waals surface area contributed by atoms with E-state index in [1.165, 1.54) is 0 Å². The number of aldehydes is 1. The summed E-state index contributed by atoms with van der Waals surface area (Å²) in [7, 11) is 0. The Kier molecular flexibility index (Phi) is 3.86. The van der Waals surface area contributed by atoms with Crippen LogP contribution in [0.15, 0.2) is 42.6 Å². The van der Waals surface area contributed by atoms with Gasteiger partial charge in [-0.3, -0.25) is 9.78 Å². The molecule has 0 bridgehead atoms. The minimum atomic E-state index is -0.604. The maximum absolute atomic E-state index is 10.7. The van der Waals surface area contributed by atoms with Gasteiger partial charge in [-0.15, -0.1) is 0 Å². The molecule has 0 amide bonds. The molecule has 0 saturated carbocycles. The molecule has 1 heterocycles. The lowest BCUT2D eigenvalue weighted by atomic mass is 10.0. The molecule has 0 aliphatic heterocycles. The number of carbonyl (C=O) groups is 1. The second-order valence-corrected chi connectivity index (χ2v) is 5.04. The van der Waals surface area contributed by atoms with Crippen LogP contribution in [0.3, 0.4) is 0 Å². The lowest BCUT2D eigenvalue weighted by Gasteiger charge is -2.26. The van der Waals surface area contributed by atoms with Crippen molar-refractivity contribution < 1.29 is 9.53 Å². The van der Waals surface area contributed by atoms with Gasteiger partial charge < -0.3 is 4.74 Å². The standard InChI is InChI=1S/C15H14ClNO2/c1-15(2,14-5-3-4-8-17-14)19-13-7-6-11(10-18)9-12(13)16/h3-10H,1-2H3. The fourth-order valence-electron chi connectivity index (χ4n) is 1.72. The van der Waals surface area contributed by atoms with Gasteiger partial charge in [0.05, 0.1) is 10.7 Å². The zero-order chi connectivity index (χ0) is 13.9. The fraction of sp³-hybridized carbons (Fsp3) is 0.200. The van der Waals surface area contributed by atoms with E-state index in [-0.39, 0.29) is 0 Å². The highest BCUT2D eigenvalue weighted by Gasteiger charge is 2.24. The summed E-state index contributed by atoms with van der Waals surface area (Å²) in [6.07, 6.45) is 2.47. The average Bonchev–Trinajstić information content (AvgIpc) is 2.42. The van der Waals surface area contributed by atoms with Gasteiger partial charge in [-0.2, -0.15) is 0 Å². The molecule has 1 aromatic carbocycles. The Hall–Kier alpha value is -1.87. The van der Waals surface area contributed by atoms with Crippen LogP contribution >= 0.6 is 11.6 Å². The van der Waals surface area contributed by atoms with Crippen LogP contribution in [0.5, 0.6) is 5.75 Å². The molecular formula is C15H14ClNO2. The second-order valence-electron chi connectivity index (χ2n) is 4.64. The van der Waals surface area contributed by atoms with Crippen LogP contribution in [0.1, 0.15) is 29.9 Å². The van der Waals surface area contributed by atoms with Crippen LogP contribution in [0.25, 0.3) is 0 Å². The number of pyridine rings is 1. The van der Waals surface area contributed by atoms with Crippen LogP contribution in [0, 0.1) is 0 Å². The van der Waals surface area contributed by atoms with Crippen LogP contribution in [-0.2, 0) is 5.60 Å². The maximum atomic E-state index is 10.7. The van der Waals surface area contributed by atoms with E-state index < -0.39 is 5.60 Å². The van der Waals surface area contributed by atoms with E-state index >= 15 is 0 Å². The minimum absolute atomic E-state index is 0.411. The van der Waals surface area contributed by atoms with Crippen molar-refractivity contribution in [2.75, 3.05) is 0 Å². The predicted octanol–water partition coefficient (Wildman–Crippen LogP) is 3.86. The van der Waals surface area contributed by atoms with Crippen LogP contribution < -0.4 is 4.74 Å². The molecule has 0 fully saturated rings. The Morgan fingerprint density at radius 2 is 2.05 bits per heavy atom. The van der Waals surface area contributed by atoms with Gasteiger partial charge in [-0.1, -0.05) is 17.7 Å². The molecule has 19 heavy (non-hydrogen) atoms. The largest absolute Gasteiger partial charge is 0.480 e. The number of hydrogen-bond acceptors (Lipinski definition) is 3. The predicted molar refractivity (Wildman–Crippen MR) is 74.7 cm³/mol. The summed E-state index contributed by atoms with van der Waals surface area (Å²) in [5.41, 5.74) is 0.728. The average molecular weight is 276 g/mol. The first-order valence-corrected chi connectivity index (χ1v) is 6.26. The van der Waals surface area contributed by atoms with Crippen molar-refractivity contribution in [2.24, 2.45) is 0 Å². The third-order valence-corrected chi connectivity index (χ3v) is 3.03. The van der Waals surface area contributed by atoms with Crippen LogP contribution in [-0.4, -0.2) is 11.3 Å². The number of halogens is 1. The first-order chi connectivity index (χ1) is 9.03. The molecule has 0 aliphatic carbocycles. The van der Waals surface area contributed by atoms with Gasteiger partial charge in [-0.25, -0.2) is 0 Å². The quantitative estimate of drug-likeness (QED) is 0.796. The fourth-order valence-corrected chi connectivity index (χ4v) is 1.95. The monoisotopic (exact) mass is 275 g/mol. The molecule has 98 valence electrons. The smallest absolute Gasteiger partial charge is 0.150 e. The topological polar surface area (TPSA) is 39.2 Å². The molecule has 2 aromatic rings. The van der Waals surface area contributed by atoms with Gasteiger partial charge in [-0.05, 0) is 44.2 Å². The van der Waals surface area contributed by atoms with E-state index in [0.29, 0.717) is 16.3 Å². The normalized spacial score (nSPS) is 11.1. The molecule has 0 radical (unpaired) electrons. The molecule has 1 aromatic heterocycles. The lowest BCUT2D eigenvalue weighted by Crippen LogP contribution is -2.26. The van der Waals surface area contributed by atoms with Gasteiger partial charge >= 0.3 is 0 Å². The molecule has 0 aliphatic rings. The van der Waals surface area contributed by atoms with Crippen molar-refractivity contribution in [3.63, 3.8) is 0 Å². The van der Waals surface area contributed by atoms with E-state index in [9.17, 15) is 4.79 Å². The highest BCUT2D eigenvalue weighted by Crippen LogP contribution is 2.32. The lowest BCUT2D eigenvalue weighted by molar-refractivity contribution is 0.104. The number of hydrogen-bond donors (Lipinski definition) is 0. The van der Waals surface area contributed by atoms with Crippen LogP contribution in [0.4, 0.5) is 0 Å². The molecular weight excluding hydrogens is 262 g/mol. The van der Waals surface area contributed by atoms with Crippen molar-refractivity contribution in [1.29, 1.82) is 0 Å². The van der Waals surface area contributed by atoms with Gasteiger partial charge in [0, 0.05) is 11.8 Å². The minimum Gasteiger partial charge on any atom is -0.480 e. The first-order valence-electron chi connectivity index (χ1n) is 5.88. The Labute approximate surface area is 117 Å². The zero-order valence-corrected chi connectivity index (χ0v) is 11.5. The molecule has 0 spiro atoms. The van der Waals surface area contributed by atoms with E-state index in [1.54, 1.807) is 24.4 Å². The highest BCUT2D eigenvalue weighted by atomic mass is 35.5. The Bertz CT molecular complexity index is 582. The summed E-state index contributed by atoms with van der Waals surface area (Å²) in [5, 5.41) is 0.411. The molecule has 0 saturated heterocycles. The number of ether oxygens (including phenoxy) is 1. The summed E-state index contributed by atoms with van der Waals surface area (Å²) in [4.78, 5) is 15.0. The SMILES string of the molecule is CC(C)(Oc1ccc(C=O)cc1Cl)c1ccccn1. The molecule has 0 unspecified atom stereocenters. The number of carbonyl (C=O) groups excluding carboxylic acids is 1. The van der Waals surface area contributed by atoms with Crippen molar-refractivity contribution in [3.05, 3.63) is 58.9 Å². The highest BCUT2D eigenvalue weighted by molar-refractivity contribution is 6.32. The number of nitrogens with zero attached hydrogens (tertiary/aromatic N) is 1. The molecule has 4 heteroatoms. The van der Waals surface area contributed by atoms with E-state index in [4.69, 9.17) is 16.3 Å². The summed E-state index contributed by atoms with van der Waals surface area (Å²) in [6.45, 7) is 3.83. The van der Waals surface area contributed by atoms with E-state index in [1.807, 2.05) is 32.0 Å². The van der Waals surface area contributed by atoms with Crippen molar-refractivity contribution in [1.82, 2.24) is 4.98 Å². The Balaban J connectivity index is 2.28. The van der Waals surface area contributed by atoms with E-state index in [2.05, 4.69) is 4.98 Å². The molecule has 0 N–H and O–H groups in total. The number of benzene rings is 1. The third kappa shape index (κ3) is 3.12. The van der Waals surface area contributed by atoms with Crippen molar-refractivity contribution >= 4 is 17.9 Å². The van der Waals surface area contributed by atoms with Crippen LogP contribution in [0.2, 0.25) is 5.02 Å². The first kappa shape index (κ1) is 13.6. The third-order valence-electron chi connectivity index (χ3n) is 2.74. The van der Waals surface area contributed by atoms with E-state index in [0.717, 1.165) is 12.0 Å². The van der Waals surface area contributed by atoms with Gasteiger partial charge in [0.1, 0.15) is 17.6 Å². The summed E-state index contributed by atoms with van der Waals surface area (Å²) in [6, 6.07) is 10.6. The summed E-state index contributed by atoms with van der Waals surface area (Å²) >= 11 is 6.10. The second kappa shape index (κ2) is 5.41. The Morgan fingerprint density at radius 1 is 1.26 bits per heavy atom. The maximum Gasteiger partial charge on any atom is 0.150 e.